The maximum atomic E-state index is 12.5. The van der Waals surface area contributed by atoms with Gasteiger partial charge in [0.05, 0.1) is 18.7 Å². The molecule has 1 amide bonds. The number of benzene rings is 1. The van der Waals surface area contributed by atoms with E-state index in [4.69, 9.17) is 4.74 Å². The number of aromatic nitrogens is 2. The van der Waals surface area contributed by atoms with E-state index < -0.39 is 0 Å². The van der Waals surface area contributed by atoms with E-state index in [0.717, 1.165) is 42.1 Å². The van der Waals surface area contributed by atoms with Gasteiger partial charge < -0.3 is 15.0 Å². The summed E-state index contributed by atoms with van der Waals surface area (Å²) in [6, 6.07) is 6.08. The zero-order valence-electron chi connectivity index (χ0n) is 15.4. The van der Waals surface area contributed by atoms with Crippen molar-refractivity contribution in [2.24, 2.45) is 5.92 Å². The van der Waals surface area contributed by atoms with Crippen molar-refractivity contribution in [3.63, 3.8) is 0 Å². The van der Waals surface area contributed by atoms with Gasteiger partial charge in [-0.05, 0) is 37.8 Å². The summed E-state index contributed by atoms with van der Waals surface area (Å²) in [5.74, 6) is 1.81. The number of nitrogens with one attached hydrogen (secondary N) is 1. The third-order valence-corrected chi connectivity index (χ3v) is 4.72. The Bertz CT molecular complexity index is 716. The van der Waals surface area contributed by atoms with Crippen LogP contribution in [0.3, 0.4) is 0 Å². The molecule has 0 aliphatic carbocycles. The molecule has 0 saturated carbocycles. The van der Waals surface area contributed by atoms with Crippen molar-refractivity contribution in [2.45, 2.75) is 26.7 Å². The van der Waals surface area contributed by atoms with Crippen molar-refractivity contribution < 1.29 is 9.53 Å². The maximum absolute atomic E-state index is 12.5. The minimum Gasteiger partial charge on any atom is -0.491 e. The SMILES string of the molecule is Cc1cccc(C)c1OCCNC(=O)C1CCCN(c2cnccn2)C1. The number of amides is 1. The minimum atomic E-state index is -0.0223. The van der Waals surface area contributed by atoms with Crippen molar-refractivity contribution in [1.29, 1.82) is 0 Å². The second kappa shape index (κ2) is 8.65. The molecule has 0 bridgehead atoms. The first-order chi connectivity index (χ1) is 12.6. The fourth-order valence-electron chi connectivity index (χ4n) is 3.35. The number of rotatable bonds is 6. The summed E-state index contributed by atoms with van der Waals surface area (Å²) >= 11 is 0. The predicted molar refractivity (Wildman–Crippen MR) is 101 cm³/mol. The van der Waals surface area contributed by atoms with Crippen LogP contribution in [0.15, 0.2) is 36.8 Å². The summed E-state index contributed by atoms with van der Waals surface area (Å²) in [4.78, 5) is 23.1. The van der Waals surface area contributed by atoms with Crippen LogP contribution in [0.1, 0.15) is 24.0 Å². The van der Waals surface area contributed by atoms with Gasteiger partial charge in [-0.1, -0.05) is 18.2 Å². The van der Waals surface area contributed by atoms with Gasteiger partial charge in [0, 0.05) is 25.5 Å². The maximum Gasteiger partial charge on any atom is 0.225 e. The molecule has 1 fully saturated rings. The van der Waals surface area contributed by atoms with Crippen molar-refractivity contribution >= 4 is 11.7 Å². The Kier molecular flexibility index (Phi) is 6.04. The lowest BCUT2D eigenvalue weighted by Gasteiger charge is -2.32. The number of aryl methyl sites for hydroxylation is 2. The largest absolute Gasteiger partial charge is 0.491 e. The van der Waals surface area contributed by atoms with Gasteiger partial charge in [-0.15, -0.1) is 0 Å². The number of ether oxygens (including phenoxy) is 1. The van der Waals surface area contributed by atoms with Crippen LogP contribution in [0.25, 0.3) is 0 Å². The van der Waals surface area contributed by atoms with E-state index in [2.05, 4.69) is 20.2 Å². The molecule has 6 heteroatoms. The Morgan fingerprint density at radius 3 is 2.85 bits per heavy atom. The van der Waals surface area contributed by atoms with Gasteiger partial charge in [0.2, 0.25) is 5.91 Å². The highest BCUT2D eigenvalue weighted by Gasteiger charge is 2.26. The molecule has 2 heterocycles. The van der Waals surface area contributed by atoms with Crippen LogP contribution in [0.2, 0.25) is 0 Å². The van der Waals surface area contributed by atoms with E-state index in [1.807, 2.05) is 32.0 Å². The molecule has 1 saturated heterocycles. The van der Waals surface area contributed by atoms with E-state index in [1.54, 1.807) is 18.6 Å². The van der Waals surface area contributed by atoms with Crippen LogP contribution in [0.5, 0.6) is 5.75 Å². The highest BCUT2D eigenvalue weighted by molar-refractivity contribution is 5.79. The number of carbonyl (C=O) groups is 1. The van der Waals surface area contributed by atoms with Gasteiger partial charge in [0.25, 0.3) is 0 Å². The molecule has 1 N–H and O–H groups in total. The van der Waals surface area contributed by atoms with E-state index >= 15 is 0 Å². The zero-order valence-corrected chi connectivity index (χ0v) is 15.4. The molecule has 1 atom stereocenters. The number of piperidine rings is 1. The van der Waals surface area contributed by atoms with E-state index in [-0.39, 0.29) is 11.8 Å². The van der Waals surface area contributed by atoms with E-state index in [1.165, 1.54) is 0 Å². The van der Waals surface area contributed by atoms with Crippen molar-refractivity contribution in [3.05, 3.63) is 47.9 Å². The summed E-state index contributed by atoms with van der Waals surface area (Å²) in [7, 11) is 0. The van der Waals surface area contributed by atoms with Gasteiger partial charge in [-0.25, -0.2) is 4.98 Å². The molecule has 1 aromatic carbocycles. The molecule has 1 aliphatic rings. The molecular formula is C20H26N4O2. The molecule has 0 spiro atoms. The quantitative estimate of drug-likeness (QED) is 0.808. The van der Waals surface area contributed by atoms with Crippen LogP contribution in [-0.4, -0.2) is 42.1 Å². The Morgan fingerprint density at radius 1 is 1.31 bits per heavy atom. The van der Waals surface area contributed by atoms with Crippen molar-refractivity contribution in [1.82, 2.24) is 15.3 Å². The molecular weight excluding hydrogens is 328 g/mol. The number of nitrogens with zero attached hydrogens (tertiary/aromatic N) is 3. The molecule has 0 radical (unpaired) electrons. The fourth-order valence-corrected chi connectivity index (χ4v) is 3.35. The molecule has 26 heavy (non-hydrogen) atoms. The van der Waals surface area contributed by atoms with Gasteiger partial charge in [-0.2, -0.15) is 0 Å². The summed E-state index contributed by atoms with van der Waals surface area (Å²) in [5, 5.41) is 3.01. The summed E-state index contributed by atoms with van der Waals surface area (Å²) in [5.41, 5.74) is 2.23. The third-order valence-electron chi connectivity index (χ3n) is 4.72. The molecule has 1 unspecified atom stereocenters. The Hall–Kier alpha value is -2.63. The topological polar surface area (TPSA) is 67.3 Å². The second-order valence-electron chi connectivity index (χ2n) is 6.71. The molecule has 138 valence electrons. The Balaban J connectivity index is 1.46. The normalized spacial score (nSPS) is 17.0. The molecule has 3 rings (SSSR count). The monoisotopic (exact) mass is 354 g/mol. The minimum absolute atomic E-state index is 0.0223. The number of hydrogen-bond donors (Lipinski definition) is 1. The number of carbonyl (C=O) groups excluding carboxylic acids is 1. The van der Waals surface area contributed by atoms with Crippen LogP contribution >= 0.6 is 0 Å². The first-order valence-electron chi connectivity index (χ1n) is 9.13. The average Bonchev–Trinajstić information content (AvgIpc) is 2.67. The standard InChI is InChI=1S/C20H26N4O2/c1-15-5-3-6-16(2)19(15)26-12-10-23-20(25)17-7-4-11-24(14-17)18-13-21-8-9-22-18/h3,5-6,8-9,13,17H,4,7,10-12,14H2,1-2H3,(H,23,25). The molecule has 1 aromatic heterocycles. The van der Waals surface area contributed by atoms with Crippen LogP contribution in [0, 0.1) is 19.8 Å². The predicted octanol–water partition coefficient (Wildman–Crippen LogP) is 2.51. The summed E-state index contributed by atoms with van der Waals surface area (Å²) in [6.07, 6.45) is 6.98. The lowest BCUT2D eigenvalue weighted by atomic mass is 9.97. The van der Waals surface area contributed by atoms with Gasteiger partial charge >= 0.3 is 0 Å². The lowest BCUT2D eigenvalue weighted by molar-refractivity contribution is -0.125. The molecule has 6 nitrogen and oxygen atoms in total. The van der Waals surface area contributed by atoms with Crippen molar-refractivity contribution in [3.8, 4) is 5.75 Å². The van der Waals surface area contributed by atoms with Crippen LogP contribution < -0.4 is 15.0 Å². The zero-order chi connectivity index (χ0) is 18.4. The van der Waals surface area contributed by atoms with Crippen LogP contribution in [0.4, 0.5) is 5.82 Å². The highest BCUT2D eigenvalue weighted by Crippen LogP contribution is 2.22. The Morgan fingerprint density at radius 2 is 2.12 bits per heavy atom. The third kappa shape index (κ3) is 4.50. The summed E-state index contributed by atoms with van der Waals surface area (Å²) in [6.45, 7) is 6.64. The van der Waals surface area contributed by atoms with Crippen LogP contribution in [-0.2, 0) is 4.79 Å². The van der Waals surface area contributed by atoms with Crippen molar-refractivity contribution in [2.75, 3.05) is 31.1 Å². The summed E-state index contributed by atoms with van der Waals surface area (Å²) < 4.78 is 5.85. The van der Waals surface area contributed by atoms with Gasteiger partial charge in [0.1, 0.15) is 18.2 Å². The van der Waals surface area contributed by atoms with Gasteiger partial charge in [0.15, 0.2) is 0 Å². The first kappa shape index (κ1) is 18.2. The average molecular weight is 354 g/mol. The molecule has 1 aliphatic heterocycles. The van der Waals surface area contributed by atoms with E-state index in [0.29, 0.717) is 19.7 Å². The first-order valence-corrected chi connectivity index (χ1v) is 9.13. The lowest BCUT2D eigenvalue weighted by Crippen LogP contribution is -2.44. The van der Waals surface area contributed by atoms with E-state index in [9.17, 15) is 4.79 Å². The highest BCUT2D eigenvalue weighted by atomic mass is 16.5. The number of anilines is 1. The van der Waals surface area contributed by atoms with Gasteiger partial charge in [-0.3, -0.25) is 9.78 Å². The Labute approximate surface area is 154 Å². The number of para-hydroxylation sites is 1. The smallest absolute Gasteiger partial charge is 0.225 e. The number of hydrogen-bond acceptors (Lipinski definition) is 5. The fraction of sp³-hybridized carbons (Fsp3) is 0.450. The molecule has 2 aromatic rings. The second-order valence-corrected chi connectivity index (χ2v) is 6.71.